The van der Waals surface area contributed by atoms with E-state index in [1.807, 2.05) is 18.2 Å². The number of benzene rings is 2. The van der Waals surface area contributed by atoms with Crippen LogP contribution in [0.15, 0.2) is 60.7 Å². The lowest BCUT2D eigenvalue weighted by Gasteiger charge is -2.12. The number of rotatable bonds is 9. The van der Waals surface area contributed by atoms with Crippen LogP contribution in [0.2, 0.25) is 0 Å². The minimum atomic E-state index is 0.534. The number of hydrogen-bond acceptors (Lipinski definition) is 3. The monoisotopic (exact) mass is 311 g/mol. The summed E-state index contributed by atoms with van der Waals surface area (Å²) in [6.07, 6.45) is 4.29. The SMILES string of the molecule is CCCC=C(NOCc1ccccc1)c1ccc(COC)cc1. The fourth-order valence-electron chi connectivity index (χ4n) is 2.23. The third-order valence-electron chi connectivity index (χ3n) is 3.48. The Morgan fingerprint density at radius 2 is 1.65 bits per heavy atom. The van der Waals surface area contributed by atoms with Gasteiger partial charge < -0.3 is 4.74 Å². The summed E-state index contributed by atoms with van der Waals surface area (Å²) in [5.74, 6) is 0. The number of unbranched alkanes of at least 4 members (excludes halogenated alkanes) is 1. The van der Waals surface area contributed by atoms with Crippen molar-refractivity contribution in [3.63, 3.8) is 0 Å². The molecule has 0 fully saturated rings. The molecular formula is C20H25NO2. The lowest BCUT2D eigenvalue weighted by atomic mass is 10.1. The zero-order valence-corrected chi connectivity index (χ0v) is 13.9. The van der Waals surface area contributed by atoms with E-state index in [-0.39, 0.29) is 0 Å². The molecule has 0 heterocycles. The topological polar surface area (TPSA) is 30.5 Å². The summed E-state index contributed by atoms with van der Waals surface area (Å²) in [4.78, 5) is 5.67. The summed E-state index contributed by atoms with van der Waals surface area (Å²) in [7, 11) is 1.71. The van der Waals surface area contributed by atoms with Gasteiger partial charge in [0.1, 0.15) is 0 Å². The Morgan fingerprint density at radius 1 is 0.957 bits per heavy atom. The van der Waals surface area contributed by atoms with E-state index in [1.54, 1.807) is 7.11 Å². The van der Waals surface area contributed by atoms with Gasteiger partial charge in [0, 0.05) is 7.11 Å². The van der Waals surface area contributed by atoms with Crippen molar-refractivity contribution >= 4 is 5.70 Å². The fourth-order valence-corrected chi connectivity index (χ4v) is 2.23. The molecule has 0 atom stereocenters. The summed E-state index contributed by atoms with van der Waals surface area (Å²) in [6, 6.07) is 18.5. The quantitative estimate of drug-likeness (QED) is 0.681. The van der Waals surface area contributed by atoms with E-state index in [0.717, 1.165) is 35.2 Å². The first kappa shape index (κ1) is 17.3. The molecule has 0 saturated carbocycles. The standard InChI is InChI=1S/C20H25NO2/c1-3-4-10-20(19-13-11-18(12-14-19)15-22-2)21-23-16-17-8-6-5-7-9-17/h5-14,21H,3-4,15-16H2,1-2H3. The molecule has 0 aliphatic rings. The van der Waals surface area contributed by atoms with Crippen LogP contribution in [0.1, 0.15) is 36.5 Å². The van der Waals surface area contributed by atoms with Gasteiger partial charge in [-0.3, -0.25) is 10.3 Å². The van der Waals surface area contributed by atoms with E-state index in [2.05, 4.69) is 54.9 Å². The molecule has 3 heteroatoms. The van der Waals surface area contributed by atoms with Gasteiger partial charge in [0.2, 0.25) is 0 Å². The zero-order valence-electron chi connectivity index (χ0n) is 13.9. The van der Waals surface area contributed by atoms with Gasteiger partial charge in [-0.15, -0.1) is 0 Å². The maximum atomic E-state index is 5.67. The number of ether oxygens (including phenoxy) is 1. The van der Waals surface area contributed by atoms with Crippen molar-refractivity contribution in [2.75, 3.05) is 7.11 Å². The van der Waals surface area contributed by atoms with Crippen LogP contribution in [-0.2, 0) is 22.8 Å². The number of nitrogens with one attached hydrogen (secondary N) is 1. The van der Waals surface area contributed by atoms with Crippen molar-refractivity contribution in [2.24, 2.45) is 0 Å². The lowest BCUT2D eigenvalue weighted by Crippen LogP contribution is -2.13. The second-order valence-corrected chi connectivity index (χ2v) is 5.41. The van der Waals surface area contributed by atoms with Crippen LogP contribution in [-0.4, -0.2) is 7.11 Å². The molecule has 2 aromatic carbocycles. The average Bonchev–Trinajstić information content (AvgIpc) is 2.60. The maximum absolute atomic E-state index is 5.67. The highest BCUT2D eigenvalue weighted by molar-refractivity contribution is 5.63. The molecule has 0 saturated heterocycles. The van der Waals surface area contributed by atoms with Crippen LogP contribution >= 0.6 is 0 Å². The Hall–Kier alpha value is -2.10. The first-order valence-electron chi connectivity index (χ1n) is 8.03. The molecule has 2 rings (SSSR count). The Labute approximate surface area is 138 Å². The summed E-state index contributed by atoms with van der Waals surface area (Å²) in [5.41, 5.74) is 7.53. The highest BCUT2D eigenvalue weighted by Gasteiger charge is 2.02. The second kappa shape index (κ2) is 9.82. The number of hydroxylamine groups is 1. The molecule has 122 valence electrons. The Kier molecular flexibility index (Phi) is 7.37. The zero-order chi connectivity index (χ0) is 16.3. The van der Waals surface area contributed by atoms with Crippen LogP contribution in [0.3, 0.4) is 0 Å². The van der Waals surface area contributed by atoms with Crippen molar-refractivity contribution < 1.29 is 9.57 Å². The molecule has 0 aromatic heterocycles. The van der Waals surface area contributed by atoms with Crippen LogP contribution in [0.5, 0.6) is 0 Å². The van der Waals surface area contributed by atoms with Gasteiger partial charge in [0.25, 0.3) is 0 Å². The molecule has 0 aliphatic carbocycles. The number of hydrogen-bond donors (Lipinski definition) is 1. The van der Waals surface area contributed by atoms with E-state index in [1.165, 1.54) is 0 Å². The van der Waals surface area contributed by atoms with E-state index in [9.17, 15) is 0 Å². The third kappa shape index (κ3) is 5.89. The first-order valence-corrected chi connectivity index (χ1v) is 8.03. The van der Waals surface area contributed by atoms with Crippen molar-refractivity contribution in [3.05, 3.63) is 77.4 Å². The van der Waals surface area contributed by atoms with Crippen LogP contribution in [0, 0.1) is 0 Å². The van der Waals surface area contributed by atoms with Crippen LogP contribution in [0.4, 0.5) is 0 Å². The first-order chi connectivity index (χ1) is 11.3. The largest absolute Gasteiger partial charge is 0.380 e. The molecule has 3 nitrogen and oxygen atoms in total. The van der Waals surface area contributed by atoms with Crippen molar-refractivity contribution in [3.8, 4) is 0 Å². The van der Waals surface area contributed by atoms with Gasteiger partial charge in [-0.25, -0.2) is 0 Å². The molecule has 0 bridgehead atoms. The maximum Gasteiger partial charge on any atom is 0.0996 e. The second-order valence-electron chi connectivity index (χ2n) is 5.41. The number of allylic oxidation sites excluding steroid dienone is 1. The molecule has 23 heavy (non-hydrogen) atoms. The van der Waals surface area contributed by atoms with E-state index < -0.39 is 0 Å². The van der Waals surface area contributed by atoms with Gasteiger partial charge in [-0.2, -0.15) is 0 Å². The molecule has 1 N–H and O–H groups in total. The predicted octanol–water partition coefficient (Wildman–Crippen LogP) is 4.70. The minimum Gasteiger partial charge on any atom is -0.380 e. The normalized spacial score (nSPS) is 11.5. The molecule has 0 radical (unpaired) electrons. The lowest BCUT2D eigenvalue weighted by molar-refractivity contribution is 0.0645. The summed E-state index contributed by atoms with van der Waals surface area (Å²) in [5, 5.41) is 0. The van der Waals surface area contributed by atoms with Gasteiger partial charge in [-0.1, -0.05) is 74.0 Å². The van der Waals surface area contributed by atoms with Crippen molar-refractivity contribution in [1.29, 1.82) is 0 Å². The highest BCUT2D eigenvalue weighted by atomic mass is 16.6. The Morgan fingerprint density at radius 3 is 2.30 bits per heavy atom. The van der Waals surface area contributed by atoms with E-state index in [4.69, 9.17) is 9.57 Å². The molecular weight excluding hydrogens is 286 g/mol. The Balaban J connectivity index is 1.99. The molecule has 0 spiro atoms. The van der Waals surface area contributed by atoms with Gasteiger partial charge >= 0.3 is 0 Å². The summed E-state index contributed by atoms with van der Waals surface area (Å²) < 4.78 is 5.15. The smallest absolute Gasteiger partial charge is 0.0996 e. The molecule has 2 aromatic rings. The van der Waals surface area contributed by atoms with E-state index >= 15 is 0 Å². The van der Waals surface area contributed by atoms with Crippen LogP contribution in [0.25, 0.3) is 5.70 Å². The molecule has 0 amide bonds. The molecule has 0 unspecified atom stereocenters. The highest BCUT2D eigenvalue weighted by Crippen LogP contribution is 2.15. The van der Waals surface area contributed by atoms with Crippen molar-refractivity contribution in [2.45, 2.75) is 33.0 Å². The van der Waals surface area contributed by atoms with Gasteiger partial charge in [0.05, 0.1) is 18.9 Å². The van der Waals surface area contributed by atoms with E-state index in [0.29, 0.717) is 13.2 Å². The van der Waals surface area contributed by atoms with Gasteiger partial charge in [0.15, 0.2) is 0 Å². The minimum absolute atomic E-state index is 0.534. The average molecular weight is 311 g/mol. The third-order valence-corrected chi connectivity index (χ3v) is 3.48. The van der Waals surface area contributed by atoms with Crippen molar-refractivity contribution in [1.82, 2.24) is 5.48 Å². The fraction of sp³-hybridized carbons (Fsp3) is 0.300. The van der Waals surface area contributed by atoms with Gasteiger partial charge in [-0.05, 0) is 23.1 Å². The predicted molar refractivity (Wildman–Crippen MR) is 94.4 cm³/mol. The summed E-state index contributed by atoms with van der Waals surface area (Å²) >= 11 is 0. The van der Waals surface area contributed by atoms with Crippen LogP contribution < -0.4 is 5.48 Å². The summed E-state index contributed by atoms with van der Waals surface area (Å²) in [6.45, 7) is 3.33. The Bertz CT molecular complexity index is 591. The molecule has 0 aliphatic heterocycles. The number of methoxy groups -OCH3 is 1.